The minimum atomic E-state index is -3.89. The lowest BCUT2D eigenvalue weighted by molar-refractivity contribution is 0.0474. The zero-order valence-electron chi connectivity index (χ0n) is 17.2. The Hall–Kier alpha value is -3.16. The predicted molar refractivity (Wildman–Crippen MR) is 122 cm³/mol. The topological polar surface area (TPSA) is 80.8 Å². The Balaban J connectivity index is 1.52. The second-order valence-corrected chi connectivity index (χ2v) is 9.77. The van der Waals surface area contributed by atoms with Crippen molar-refractivity contribution in [1.82, 2.24) is 0 Å². The van der Waals surface area contributed by atoms with E-state index in [1.54, 1.807) is 36.4 Å². The van der Waals surface area contributed by atoms with Crippen molar-refractivity contribution < 1.29 is 22.7 Å². The van der Waals surface area contributed by atoms with Crippen molar-refractivity contribution in [1.29, 1.82) is 0 Å². The fourth-order valence-electron chi connectivity index (χ4n) is 3.73. The van der Waals surface area contributed by atoms with Crippen LogP contribution in [0.5, 0.6) is 0 Å². The highest BCUT2D eigenvalue weighted by molar-refractivity contribution is 7.92. The van der Waals surface area contributed by atoms with E-state index in [0.29, 0.717) is 22.7 Å². The summed E-state index contributed by atoms with van der Waals surface area (Å²) in [5, 5.41) is 0.492. The van der Waals surface area contributed by atoms with E-state index in [1.807, 2.05) is 19.1 Å². The van der Waals surface area contributed by atoms with Gasteiger partial charge in [-0.2, -0.15) is 0 Å². The predicted octanol–water partition coefficient (Wildman–Crippen LogP) is 4.52. The van der Waals surface area contributed by atoms with Gasteiger partial charge in [-0.05, 0) is 67.4 Å². The van der Waals surface area contributed by atoms with E-state index in [4.69, 9.17) is 16.3 Å². The van der Waals surface area contributed by atoms with Crippen LogP contribution < -0.4 is 4.31 Å². The molecule has 32 heavy (non-hydrogen) atoms. The van der Waals surface area contributed by atoms with Crippen molar-refractivity contribution in [2.75, 3.05) is 10.9 Å². The van der Waals surface area contributed by atoms with Crippen LogP contribution in [0.2, 0.25) is 5.02 Å². The van der Waals surface area contributed by atoms with E-state index in [1.165, 1.54) is 28.6 Å². The van der Waals surface area contributed by atoms with Gasteiger partial charge >= 0.3 is 5.97 Å². The summed E-state index contributed by atoms with van der Waals surface area (Å²) in [6, 6.07) is 19.0. The molecule has 1 atom stereocenters. The number of carbonyl (C=O) groups excluding carboxylic acids is 2. The van der Waals surface area contributed by atoms with Crippen LogP contribution in [0.4, 0.5) is 5.69 Å². The van der Waals surface area contributed by atoms with E-state index in [9.17, 15) is 18.0 Å². The van der Waals surface area contributed by atoms with Crippen molar-refractivity contribution in [3.05, 3.63) is 94.5 Å². The molecule has 0 aliphatic carbocycles. The van der Waals surface area contributed by atoms with Crippen LogP contribution in [0.25, 0.3) is 0 Å². The Morgan fingerprint density at radius 3 is 2.47 bits per heavy atom. The molecule has 0 N–H and O–H groups in total. The van der Waals surface area contributed by atoms with E-state index in [2.05, 4.69) is 0 Å². The molecule has 1 aliphatic heterocycles. The SMILES string of the molecule is CC1Cc2ccccc2N1S(=O)(=O)c1cccc(C(=O)OCC(=O)c2ccc(Cl)cc2)c1. The number of carbonyl (C=O) groups is 2. The Kier molecular flexibility index (Phi) is 6.04. The largest absolute Gasteiger partial charge is 0.454 e. The molecule has 0 amide bonds. The number of ketones is 1. The standard InChI is InChI=1S/C24H20ClNO5S/c1-16-13-18-5-2-3-8-22(18)26(16)32(29,30)21-7-4-6-19(14-21)24(28)31-15-23(27)17-9-11-20(25)12-10-17/h2-12,14,16H,13,15H2,1H3. The van der Waals surface area contributed by atoms with Crippen molar-refractivity contribution in [3.63, 3.8) is 0 Å². The smallest absolute Gasteiger partial charge is 0.338 e. The lowest BCUT2D eigenvalue weighted by Gasteiger charge is -2.24. The number of para-hydroxylation sites is 1. The number of hydrogen-bond acceptors (Lipinski definition) is 5. The van der Waals surface area contributed by atoms with E-state index >= 15 is 0 Å². The van der Waals surface area contributed by atoms with Gasteiger partial charge < -0.3 is 4.74 Å². The average molecular weight is 470 g/mol. The number of Topliss-reactive ketones (excluding diaryl/α,β-unsaturated/α-hetero) is 1. The first-order valence-corrected chi connectivity index (χ1v) is 11.8. The van der Waals surface area contributed by atoms with E-state index in [-0.39, 0.29) is 22.3 Å². The summed E-state index contributed by atoms with van der Waals surface area (Å²) in [6.45, 7) is 1.38. The lowest BCUT2D eigenvalue weighted by atomic mass is 10.1. The van der Waals surface area contributed by atoms with Crippen LogP contribution in [0.1, 0.15) is 33.2 Å². The molecule has 0 aromatic heterocycles. The van der Waals surface area contributed by atoms with Gasteiger partial charge in [0.15, 0.2) is 12.4 Å². The molecule has 1 heterocycles. The quantitative estimate of drug-likeness (QED) is 0.391. The molecule has 0 fully saturated rings. The summed E-state index contributed by atoms with van der Waals surface area (Å²) in [7, 11) is -3.89. The van der Waals surface area contributed by atoms with Crippen LogP contribution in [-0.2, 0) is 21.2 Å². The van der Waals surface area contributed by atoms with Gasteiger partial charge in [0.1, 0.15) is 0 Å². The highest BCUT2D eigenvalue weighted by Crippen LogP contribution is 2.36. The summed E-state index contributed by atoms with van der Waals surface area (Å²) >= 11 is 5.81. The number of hydrogen-bond donors (Lipinski definition) is 0. The molecule has 1 aliphatic rings. The number of anilines is 1. The van der Waals surface area contributed by atoms with Crippen LogP contribution >= 0.6 is 11.6 Å². The molecule has 1 unspecified atom stereocenters. The van der Waals surface area contributed by atoms with Gasteiger partial charge in [-0.15, -0.1) is 0 Å². The maximum absolute atomic E-state index is 13.4. The highest BCUT2D eigenvalue weighted by Gasteiger charge is 2.36. The normalized spacial score (nSPS) is 15.3. The monoisotopic (exact) mass is 469 g/mol. The van der Waals surface area contributed by atoms with E-state index < -0.39 is 22.6 Å². The van der Waals surface area contributed by atoms with Crippen molar-refractivity contribution >= 4 is 39.1 Å². The number of ether oxygens (including phenoxy) is 1. The maximum Gasteiger partial charge on any atom is 0.338 e. The van der Waals surface area contributed by atoms with Gasteiger partial charge in [-0.3, -0.25) is 9.10 Å². The van der Waals surface area contributed by atoms with Gasteiger partial charge in [0.2, 0.25) is 0 Å². The first-order valence-electron chi connectivity index (χ1n) is 9.95. The van der Waals surface area contributed by atoms with Crippen LogP contribution in [0.3, 0.4) is 0 Å². The number of nitrogens with zero attached hydrogens (tertiary/aromatic N) is 1. The summed E-state index contributed by atoms with van der Waals surface area (Å²) in [4.78, 5) is 24.7. The molecule has 3 aromatic rings. The first-order chi connectivity index (χ1) is 15.3. The summed E-state index contributed by atoms with van der Waals surface area (Å²) < 4.78 is 33.2. The second kappa shape index (κ2) is 8.76. The maximum atomic E-state index is 13.4. The molecule has 3 aromatic carbocycles. The van der Waals surface area contributed by atoms with Crippen LogP contribution in [0.15, 0.2) is 77.7 Å². The zero-order valence-corrected chi connectivity index (χ0v) is 18.8. The Morgan fingerprint density at radius 2 is 1.72 bits per heavy atom. The molecule has 0 saturated heterocycles. The third-order valence-corrected chi connectivity index (χ3v) is 7.45. The van der Waals surface area contributed by atoms with Crippen LogP contribution in [-0.4, -0.2) is 32.8 Å². The Labute approximate surface area is 191 Å². The molecular formula is C24H20ClNO5S. The molecule has 4 rings (SSSR count). The molecule has 6 nitrogen and oxygen atoms in total. The van der Waals surface area contributed by atoms with Gasteiger partial charge in [0.25, 0.3) is 10.0 Å². The summed E-state index contributed by atoms with van der Waals surface area (Å²) in [5.41, 5.74) is 2.01. The highest BCUT2D eigenvalue weighted by atomic mass is 35.5. The van der Waals surface area contributed by atoms with Gasteiger partial charge in [0.05, 0.1) is 16.1 Å². The average Bonchev–Trinajstić information content (AvgIpc) is 3.14. The molecule has 0 bridgehead atoms. The number of esters is 1. The number of benzene rings is 3. The Morgan fingerprint density at radius 1 is 1.00 bits per heavy atom. The van der Waals surface area contributed by atoms with Crippen molar-refractivity contribution in [2.24, 2.45) is 0 Å². The van der Waals surface area contributed by atoms with Crippen LogP contribution in [0, 0.1) is 0 Å². The summed E-state index contributed by atoms with van der Waals surface area (Å²) in [5.74, 6) is -1.17. The van der Waals surface area contributed by atoms with Crippen molar-refractivity contribution in [2.45, 2.75) is 24.3 Å². The van der Waals surface area contributed by atoms with Gasteiger partial charge in [0, 0.05) is 16.6 Å². The number of sulfonamides is 1. The number of fused-ring (bicyclic) bond motifs is 1. The Bertz CT molecular complexity index is 1290. The molecule has 0 radical (unpaired) electrons. The fourth-order valence-corrected chi connectivity index (χ4v) is 5.60. The van der Waals surface area contributed by atoms with E-state index in [0.717, 1.165) is 5.56 Å². The second-order valence-electron chi connectivity index (χ2n) is 7.52. The fraction of sp³-hybridized carbons (Fsp3) is 0.167. The molecule has 0 saturated carbocycles. The third kappa shape index (κ3) is 4.26. The van der Waals surface area contributed by atoms with Gasteiger partial charge in [-0.25, -0.2) is 13.2 Å². The molecule has 8 heteroatoms. The molecular weight excluding hydrogens is 450 g/mol. The zero-order chi connectivity index (χ0) is 22.9. The van der Waals surface area contributed by atoms with Crippen molar-refractivity contribution in [3.8, 4) is 0 Å². The minimum absolute atomic E-state index is 0.0143. The first kappa shape index (κ1) is 22.0. The number of halogens is 1. The number of rotatable bonds is 6. The minimum Gasteiger partial charge on any atom is -0.454 e. The third-order valence-electron chi connectivity index (χ3n) is 5.27. The molecule has 0 spiro atoms. The lowest BCUT2D eigenvalue weighted by Crippen LogP contribution is -2.35. The summed E-state index contributed by atoms with van der Waals surface area (Å²) in [6.07, 6.45) is 0.615. The van der Waals surface area contributed by atoms with Gasteiger partial charge in [-0.1, -0.05) is 35.9 Å². The molecule has 164 valence electrons.